The van der Waals surface area contributed by atoms with Gasteiger partial charge in [0, 0.05) is 5.57 Å². The van der Waals surface area contributed by atoms with Crippen LogP contribution >= 0.6 is 0 Å². The van der Waals surface area contributed by atoms with E-state index in [0.29, 0.717) is 24.8 Å². The zero-order chi connectivity index (χ0) is 10.7. The Hall–Kier alpha value is -1.19. The van der Waals surface area contributed by atoms with Crippen LogP contribution in [0.3, 0.4) is 0 Å². The van der Waals surface area contributed by atoms with E-state index in [9.17, 15) is 14.0 Å². The fourth-order valence-corrected chi connectivity index (χ4v) is 1.59. The van der Waals surface area contributed by atoms with Gasteiger partial charge in [-0.25, -0.2) is 4.39 Å². The van der Waals surface area contributed by atoms with Gasteiger partial charge in [-0.3, -0.25) is 14.9 Å². The van der Waals surface area contributed by atoms with Gasteiger partial charge in [0.2, 0.25) is 0 Å². The minimum Gasteiger partial charge on any atom is -0.289 e. The molecule has 0 saturated carbocycles. The first-order chi connectivity index (χ1) is 6.61. The van der Waals surface area contributed by atoms with Crippen LogP contribution in [0.15, 0.2) is 11.1 Å². The highest BCUT2D eigenvalue weighted by Gasteiger charge is 2.33. The summed E-state index contributed by atoms with van der Waals surface area (Å²) >= 11 is 0. The maximum absolute atomic E-state index is 13.5. The van der Waals surface area contributed by atoms with Crippen molar-refractivity contribution in [2.45, 2.75) is 39.3 Å². The minimum atomic E-state index is -1.30. The Balaban J connectivity index is 2.96. The van der Waals surface area contributed by atoms with Crippen LogP contribution in [0, 0.1) is 0 Å². The maximum Gasteiger partial charge on any atom is 0.257 e. The minimum absolute atomic E-state index is 0.0411. The van der Waals surface area contributed by atoms with E-state index in [1.54, 1.807) is 6.92 Å². The van der Waals surface area contributed by atoms with Gasteiger partial charge in [0.25, 0.3) is 11.8 Å². The van der Waals surface area contributed by atoms with Crippen molar-refractivity contribution >= 4 is 11.8 Å². The number of carbonyl (C=O) groups excluding carboxylic acids is 2. The van der Waals surface area contributed by atoms with Crippen molar-refractivity contribution in [2.24, 2.45) is 0 Å². The van der Waals surface area contributed by atoms with Crippen LogP contribution in [0.5, 0.6) is 0 Å². The fourth-order valence-electron chi connectivity index (χ4n) is 1.59. The van der Waals surface area contributed by atoms with Crippen molar-refractivity contribution in [3.63, 3.8) is 0 Å². The quantitative estimate of drug-likeness (QED) is 0.697. The summed E-state index contributed by atoms with van der Waals surface area (Å²) in [7, 11) is 0. The van der Waals surface area contributed by atoms with E-state index in [1.165, 1.54) is 0 Å². The van der Waals surface area contributed by atoms with Gasteiger partial charge in [-0.2, -0.15) is 0 Å². The molecule has 1 rings (SSSR count). The molecule has 4 heteroatoms. The van der Waals surface area contributed by atoms with Crippen LogP contribution in [-0.4, -0.2) is 18.0 Å². The van der Waals surface area contributed by atoms with Crippen molar-refractivity contribution in [3.8, 4) is 0 Å². The molecule has 14 heavy (non-hydrogen) atoms. The molecular formula is C10H14FNO2. The molecule has 0 bridgehead atoms. The van der Waals surface area contributed by atoms with Gasteiger partial charge in [-0.05, 0) is 12.8 Å². The summed E-state index contributed by atoms with van der Waals surface area (Å²) in [5, 5.41) is 2.12. The lowest BCUT2D eigenvalue weighted by Gasteiger charge is -2.06. The molecule has 0 aliphatic carbocycles. The van der Waals surface area contributed by atoms with Gasteiger partial charge in [0.1, 0.15) is 6.17 Å². The topological polar surface area (TPSA) is 46.2 Å². The zero-order valence-corrected chi connectivity index (χ0v) is 8.39. The fraction of sp³-hybridized carbons (Fsp3) is 0.600. The third-order valence-corrected chi connectivity index (χ3v) is 2.28. The molecular weight excluding hydrogens is 185 g/mol. The molecule has 1 unspecified atom stereocenters. The summed E-state index contributed by atoms with van der Waals surface area (Å²) in [6.07, 6.45) is 0.0427. The van der Waals surface area contributed by atoms with Crippen LogP contribution in [-0.2, 0) is 9.59 Å². The van der Waals surface area contributed by atoms with E-state index < -0.39 is 18.0 Å². The first-order valence-corrected chi connectivity index (χ1v) is 4.84. The summed E-state index contributed by atoms with van der Waals surface area (Å²) in [5.41, 5.74) is 0.343. The van der Waals surface area contributed by atoms with Gasteiger partial charge in [0.15, 0.2) is 0 Å². The van der Waals surface area contributed by atoms with E-state index in [0.717, 1.165) is 0 Å². The number of imide groups is 1. The van der Waals surface area contributed by atoms with Gasteiger partial charge in [-0.1, -0.05) is 20.3 Å². The predicted octanol–water partition coefficient (Wildman–Crippen LogP) is 1.49. The number of halogens is 1. The molecule has 2 amide bonds. The lowest BCUT2D eigenvalue weighted by atomic mass is 10.0. The second kappa shape index (κ2) is 4.35. The van der Waals surface area contributed by atoms with E-state index in [-0.39, 0.29) is 5.57 Å². The second-order valence-electron chi connectivity index (χ2n) is 3.29. The molecule has 0 saturated heterocycles. The van der Waals surface area contributed by atoms with Crippen molar-refractivity contribution < 1.29 is 14.0 Å². The molecule has 1 aliphatic rings. The lowest BCUT2D eigenvalue weighted by Crippen LogP contribution is -2.25. The van der Waals surface area contributed by atoms with Crippen LogP contribution in [0.4, 0.5) is 4.39 Å². The van der Waals surface area contributed by atoms with Crippen LogP contribution < -0.4 is 5.32 Å². The largest absolute Gasteiger partial charge is 0.289 e. The average molecular weight is 199 g/mol. The second-order valence-corrected chi connectivity index (χ2v) is 3.29. The Labute approximate surface area is 82.4 Å². The number of carbonyl (C=O) groups is 2. The number of rotatable bonds is 4. The third kappa shape index (κ3) is 1.84. The number of amides is 2. The van der Waals surface area contributed by atoms with Gasteiger partial charge >= 0.3 is 0 Å². The third-order valence-electron chi connectivity index (χ3n) is 2.28. The van der Waals surface area contributed by atoms with Crippen molar-refractivity contribution in [2.75, 3.05) is 0 Å². The van der Waals surface area contributed by atoms with Gasteiger partial charge < -0.3 is 0 Å². The van der Waals surface area contributed by atoms with Crippen LogP contribution in [0.1, 0.15) is 33.1 Å². The molecule has 1 heterocycles. The molecule has 78 valence electrons. The van der Waals surface area contributed by atoms with Gasteiger partial charge in [0.05, 0.1) is 5.57 Å². The SMILES string of the molecule is CCCC(F)C1=C(CC)C(=O)NC1=O. The zero-order valence-electron chi connectivity index (χ0n) is 8.39. The molecule has 1 aliphatic heterocycles. The summed E-state index contributed by atoms with van der Waals surface area (Å²) in [4.78, 5) is 22.4. The normalized spacial score (nSPS) is 18.8. The first kappa shape index (κ1) is 10.9. The summed E-state index contributed by atoms with van der Waals surface area (Å²) in [5.74, 6) is -1.00. The molecule has 1 atom stereocenters. The molecule has 0 radical (unpaired) electrons. The molecule has 0 aromatic carbocycles. The maximum atomic E-state index is 13.5. The molecule has 0 aromatic rings. The standard InChI is InChI=1S/C10H14FNO2/c1-3-5-7(11)8-6(4-2)9(13)12-10(8)14/h7H,3-5H2,1-2H3,(H,12,13,14). The summed E-state index contributed by atoms with van der Waals surface area (Å²) in [6.45, 7) is 3.58. The van der Waals surface area contributed by atoms with E-state index in [1.807, 2.05) is 6.92 Å². The summed E-state index contributed by atoms with van der Waals surface area (Å²) < 4.78 is 13.5. The van der Waals surface area contributed by atoms with Gasteiger partial charge in [-0.15, -0.1) is 0 Å². The highest BCUT2D eigenvalue weighted by Crippen LogP contribution is 2.23. The Morgan fingerprint density at radius 1 is 1.29 bits per heavy atom. The van der Waals surface area contributed by atoms with Crippen molar-refractivity contribution in [1.29, 1.82) is 0 Å². The Morgan fingerprint density at radius 3 is 2.43 bits per heavy atom. The molecule has 0 spiro atoms. The first-order valence-electron chi connectivity index (χ1n) is 4.84. The van der Waals surface area contributed by atoms with E-state index >= 15 is 0 Å². The average Bonchev–Trinajstić information content (AvgIpc) is 2.40. The molecule has 3 nitrogen and oxygen atoms in total. The molecule has 0 fully saturated rings. The van der Waals surface area contributed by atoms with Crippen LogP contribution in [0.2, 0.25) is 0 Å². The van der Waals surface area contributed by atoms with Crippen molar-refractivity contribution in [3.05, 3.63) is 11.1 Å². The number of alkyl halides is 1. The number of nitrogens with one attached hydrogen (secondary N) is 1. The monoisotopic (exact) mass is 199 g/mol. The Bertz CT molecular complexity index is 296. The van der Waals surface area contributed by atoms with E-state index in [2.05, 4.69) is 5.32 Å². The predicted molar refractivity (Wildman–Crippen MR) is 50.3 cm³/mol. The lowest BCUT2D eigenvalue weighted by molar-refractivity contribution is -0.124. The Kier molecular flexibility index (Phi) is 3.38. The van der Waals surface area contributed by atoms with Crippen molar-refractivity contribution in [1.82, 2.24) is 5.32 Å². The highest BCUT2D eigenvalue weighted by molar-refractivity contribution is 6.19. The van der Waals surface area contributed by atoms with Crippen LogP contribution in [0.25, 0.3) is 0 Å². The Morgan fingerprint density at radius 2 is 1.93 bits per heavy atom. The van der Waals surface area contributed by atoms with E-state index in [4.69, 9.17) is 0 Å². The highest BCUT2D eigenvalue weighted by atomic mass is 19.1. The molecule has 0 aromatic heterocycles. The molecule has 1 N–H and O–H groups in total. The smallest absolute Gasteiger partial charge is 0.257 e. The number of hydrogen-bond donors (Lipinski definition) is 1. The number of hydrogen-bond acceptors (Lipinski definition) is 2. The summed E-state index contributed by atoms with van der Waals surface area (Å²) in [6, 6.07) is 0.